The highest BCUT2D eigenvalue weighted by molar-refractivity contribution is 5.27. The highest BCUT2D eigenvalue weighted by Gasteiger charge is 1.97. The van der Waals surface area contributed by atoms with Crippen molar-refractivity contribution in [2.75, 3.05) is 0 Å². The van der Waals surface area contributed by atoms with Crippen LogP contribution in [0.2, 0.25) is 0 Å². The molecule has 0 aliphatic rings. The van der Waals surface area contributed by atoms with E-state index in [1.54, 1.807) is 30.4 Å². The molecule has 0 aromatic heterocycles. The highest BCUT2D eigenvalue weighted by atomic mass is 16.3. The van der Waals surface area contributed by atoms with Gasteiger partial charge in [0.1, 0.15) is 6.23 Å². The Morgan fingerprint density at radius 1 is 1.36 bits per heavy atom. The van der Waals surface area contributed by atoms with E-state index in [-0.39, 0.29) is 0 Å². The molecule has 0 spiro atoms. The van der Waals surface area contributed by atoms with Gasteiger partial charge in [0, 0.05) is 0 Å². The van der Waals surface area contributed by atoms with Crippen LogP contribution in [-0.4, -0.2) is 11.3 Å². The lowest BCUT2D eigenvalue weighted by Gasteiger charge is -2.02. The lowest BCUT2D eigenvalue weighted by atomic mass is 10.2. The first-order chi connectivity index (χ1) is 5.22. The Labute approximate surface area is 67.0 Å². The second-order valence-corrected chi connectivity index (χ2v) is 1.94. The second kappa shape index (κ2) is 5.65. The quantitative estimate of drug-likeness (QED) is 0.467. The summed E-state index contributed by atoms with van der Waals surface area (Å²) in [7, 11) is 0. The van der Waals surface area contributed by atoms with Gasteiger partial charge in [0.05, 0.1) is 0 Å². The Hall–Kier alpha value is -1.12. The molecule has 0 saturated heterocycles. The van der Waals surface area contributed by atoms with Crippen LogP contribution in [0.25, 0.3) is 0 Å². The van der Waals surface area contributed by atoms with Crippen molar-refractivity contribution in [1.29, 1.82) is 0 Å². The van der Waals surface area contributed by atoms with Crippen molar-refractivity contribution in [2.24, 2.45) is 5.73 Å². The van der Waals surface area contributed by atoms with Crippen molar-refractivity contribution >= 4 is 0 Å². The fourth-order valence-electron chi connectivity index (χ4n) is 0.568. The second-order valence-electron chi connectivity index (χ2n) is 1.94. The Balaban J connectivity index is 4.34. The van der Waals surface area contributed by atoms with Gasteiger partial charge in [-0.2, -0.15) is 0 Å². The van der Waals surface area contributed by atoms with Gasteiger partial charge in [-0.15, -0.1) is 0 Å². The van der Waals surface area contributed by atoms with Crippen LogP contribution >= 0.6 is 0 Å². The van der Waals surface area contributed by atoms with E-state index < -0.39 is 6.23 Å². The molecule has 60 valence electrons. The zero-order chi connectivity index (χ0) is 8.69. The first kappa shape index (κ1) is 9.88. The number of hydrogen-bond donors (Lipinski definition) is 2. The number of aliphatic hydroxyl groups is 1. The summed E-state index contributed by atoms with van der Waals surface area (Å²) < 4.78 is 0. The van der Waals surface area contributed by atoms with Crippen molar-refractivity contribution in [1.82, 2.24) is 0 Å². The summed E-state index contributed by atoms with van der Waals surface area (Å²) in [4.78, 5) is 0. The molecule has 0 aliphatic carbocycles. The first-order valence-electron chi connectivity index (χ1n) is 3.27. The van der Waals surface area contributed by atoms with Crippen molar-refractivity contribution in [3.05, 3.63) is 49.1 Å². The summed E-state index contributed by atoms with van der Waals surface area (Å²) in [5, 5.41) is 8.95. The molecule has 0 aromatic carbocycles. The number of nitrogens with two attached hydrogens (primary N) is 1. The normalized spacial score (nSPS) is 14.9. The Morgan fingerprint density at radius 3 is 2.36 bits per heavy atom. The van der Waals surface area contributed by atoms with Crippen molar-refractivity contribution in [3.63, 3.8) is 0 Å². The van der Waals surface area contributed by atoms with Crippen LogP contribution in [0.15, 0.2) is 49.1 Å². The van der Waals surface area contributed by atoms with Crippen LogP contribution in [0.1, 0.15) is 0 Å². The van der Waals surface area contributed by atoms with Gasteiger partial charge in [0.25, 0.3) is 0 Å². The monoisotopic (exact) mass is 151 g/mol. The molecule has 2 heteroatoms. The summed E-state index contributed by atoms with van der Waals surface area (Å²) in [6, 6.07) is 0. The minimum atomic E-state index is -0.954. The van der Waals surface area contributed by atoms with Crippen LogP contribution in [0.5, 0.6) is 0 Å². The van der Waals surface area contributed by atoms with E-state index >= 15 is 0 Å². The van der Waals surface area contributed by atoms with Gasteiger partial charge < -0.3 is 10.8 Å². The molecule has 0 heterocycles. The molecule has 0 radical (unpaired) electrons. The third kappa shape index (κ3) is 4.31. The Bertz CT molecular complexity index is 190. The summed E-state index contributed by atoms with van der Waals surface area (Å²) in [5.41, 5.74) is 5.83. The maximum Gasteiger partial charge on any atom is 0.128 e. The SMILES string of the molecule is C=C/C=C\C(=C/C=C)C(N)O. The van der Waals surface area contributed by atoms with Gasteiger partial charge >= 0.3 is 0 Å². The van der Waals surface area contributed by atoms with Gasteiger partial charge in [0.2, 0.25) is 0 Å². The molecule has 1 unspecified atom stereocenters. The standard InChI is InChI=1S/C9H13NO/c1-3-5-7-8(6-4-2)9(10)11/h3-7,9,11H,1-2,10H2/b7-5-,8-6+. The van der Waals surface area contributed by atoms with E-state index in [2.05, 4.69) is 13.2 Å². The largest absolute Gasteiger partial charge is 0.375 e. The summed E-state index contributed by atoms with van der Waals surface area (Å²) >= 11 is 0. The molecule has 0 aliphatic heterocycles. The molecular weight excluding hydrogens is 138 g/mol. The van der Waals surface area contributed by atoms with Gasteiger partial charge in [-0.3, -0.25) is 0 Å². The van der Waals surface area contributed by atoms with Gasteiger partial charge in [-0.25, -0.2) is 0 Å². The van der Waals surface area contributed by atoms with Gasteiger partial charge in [-0.05, 0) is 5.57 Å². The average Bonchev–Trinajstić information content (AvgIpc) is 1.97. The molecule has 0 amide bonds. The van der Waals surface area contributed by atoms with Crippen LogP contribution in [0, 0.1) is 0 Å². The Kier molecular flexibility index (Phi) is 5.07. The summed E-state index contributed by atoms with van der Waals surface area (Å²) in [5.74, 6) is 0. The van der Waals surface area contributed by atoms with Gasteiger partial charge in [-0.1, -0.05) is 43.5 Å². The maximum atomic E-state index is 8.95. The highest BCUT2D eigenvalue weighted by Crippen LogP contribution is 1.99. The van der Waals surface area contributed by atoms with Crippen molar-refractivity contribution < 1.29 is 5.11 Å². The van der Waals surface area contributed by atoms with E-state index in [4.69, 9.17) is 10.8 Å². The van der Waals surface area contributed by atoms with Crippen molar-refractivity contribution in [2.45, 2.75) is 6.23 Å². The molecule has 1 atom stereocenters. The van der Waals surface area contributed by atoms with E-state index in [9.17, 15) is 0 Å². The lowest BCUT2D eigenvalue weighted by Crippen LogP contribution is -2.20. The summed E-state index contributed by atoms with van der Waals surface area (Å²) in [6.07, 6.45) is 7.25. The molecule has 0 rings (SSSR count). The molecule has 0 fully saturated rings. The number of hydrogen-bond acceptors (Lipinski definition) is 2. The predicted octanol–water partition coefficient (Wildman–Crippen LogP) is 1.12. The van der Waals surface area contributed by atoms with Crippen LogP contribution in [0.3, 0.4) is 0 Å². The molecule has 2 nitrogen and oxygen atoms in total. The maximum absolute atomic E-state index is 8.95. The van der Waals surface area contributed by atoms with Crippen molar-refractivity contribution in [3.8, 4) is 0 Å². The fraction of sp³-hybridized carbons (Fsp3) is 0.111. The predicted molar refractivity (Wildman–Crippen MR) is 47.8 cm³/mol. The third-order valence-electron chi connectivity index (χ3n) is 1.08. The number of aliphatic hydroxyl groups excluding tert-OH is 1. The first-order valence-corrected chi connectivity index (χ1v) is 3.27. The van der Waals surface area contributed by atoms with E-state index in [1.807, 2.05) is 0 Å². The number of allylic oxidation sites excluding steroid dienone is 4. The van der Waals surface area contributed by atoms with Crippen LogP contribution in [0.4, 0.5) is 0 Å². The molecular formula is C9H13NO. The molecule has 0 bridgehead atoms. The van der Waals surface area contributed by atoms with E-state index in [1.165, 1.54) is 0 Å². The summed E-state index contributed by atoms with van der Waals surface area (Å²) in [6.45, 7) is 6.98. The zero-order valence-electron chi connectivity index (χ0n) is 6.40. The molecule has 3 N–H and O–H groups in total. The topological polar surface area (TPSA) is 46.2 Å². The van der Waals surface area contributed by atoms with E-state index in [0.717, 1.165) is 0 Å². The fourth-order valence-corrected chi connectivity index (χ4v) is 0.568. The Morgan fingerprint density at radius 2 is 2.00 bits per heavy atom. The molecule has 0 saturated carbocycles. The van der Waals surface area contributed by atoms with Gasteiger partial charge in [0.15, 0.2) is 0 Å². The lowest BCUT2D eigenvalue weighted by molar-refractivity contribution is 0.223. The zero-order valence-corrected chi connectivity index (χ0v) is 6.40. The number of rotatable bonds is 4. The average molecular weight is 151 g/mol. The van der Waals surface area contributed by atoms with Crippen LogP contribution in [-0.2, 0) is 0 Å². The minimum Gasteiger partial charge on any atom is -0.375 e. The molecule has 0 aromatic rings. The smallest absolute Gasteiger partial charge is 0.128 e. The van der Waals surface area contributed by atoms with Crippen LogP contribution < -0.4 is 5.73 Å². The van der Waals surface area contributed by atoms with E-state index in [0.29, 0.717) is 5.57 Å². The minimum absolute atomic E-state index is 0.611. The molecule has 11 heavy (non-hydrogen) atoms. The third-order valence-corrected chi connectivity index (χ3v) is 1.08.